The van der Waals surface area contributed by atoms with Gasteiger partial charge in [0.2, 0.25) is 5.91 Å². The van der Waals surface area contributed by atoms with Crippen LogP contribution in [-0.2, 0) is 4.79 Å². The molecule has 21 heavy (non-hydrogen) atoms. The number of aliphatic hydroxyl groups is 1. The second-order valence-electron chi connectivity index (χ2n) is 5.27. The minimum atomic E-state index is -0.769. The van der Waals surface area contributed by atoms with Crippen molar-refractivity contribution in [1.82, 2.24) is 4.90 Å². The van der Waals surface area contributed by atoms with E-state index in [-0.39, 0.29) is 18.1 Å². The van der Waals surface area contributed by atoms with E-state index >= 15 is 0 Å². The molecule has 0 bridgehead atoms. The predicted molar refractivity (Wildman–Crippen MR) is 78.2 cm³/mol. The summed E-state index contributed by atoms with van der Waals surface area (Å²) in [6, 6.07) is 4.64. The number of nitrogens with zero attached hydrogens (tertiary/aromatic N) is 3. The van der Waals surface area contributed by atoms with Crippen molar-refractivity contribution < 1.29 is 14.8 Å². The molecule has 2 rings (SSSR count). The normalized spacial score (nSPS) is 17.6. The number of nitro benzene ring substituents is 1. The zero-order chi connectivity index (χ0) is 15.6. The van der Waals surface area contributed by atoms with Gasteiger partial charge in [0.1, 0.15) is 5.69 Å². The topological polar surface area (TPSA) is 86.9 Å². The molecule has 1 unspecified atom stereocenters. The predicted octanol–water partition coefficient (Wildman–Crippen LogP) is 1.32. The number of benzene rings is 1. The van der Waals surface area contributed by atoms with Gasteiger partial charge in [0.15, 0.2) is 0 Å². The molecule has 1 heterocycles. The summed E-state index contributed by atoms with van der Waals surface area (Å²) in [5, 5.41) is 20.8. The summed E-state index contributed by atoms with van der Waals surface area (Å²) in [4.78, 5) is 26.1. The minimum Gasteiger partial charge on any atom is -0.389 e. The van der Waals surface area contributed by atoms with Crippen LogP contribution < -0.4 is 4.90 Å². The molecule has 0 spiro atoms. The Bertz CT molecular complexity index is 559. The lowest BCUT2D eigenvalue weighted by Gasteiger charge is -2.22. The summed E-state index contributed by atoms with van der Waals surface area (Å²) in [5.74, 6) is -0.0543. The maximum Gasteiger partial charge on any atom is 0.292 e. The third-order valence-corrected chi connectivity index (χ3v) is 3.69. The van der Waals surface area contributed by atoms with Gasteiger partial charge in [-0.1, -0.05) is 6.07 Å². The molecule has 1 fully saturated rings. The Morgan fingerprint density at radius 1 is 1.38 bits per heavy atom. The Labute approximate surface area is 122 Å². The average Bonchev–Trinajstić information content (AvgIpc) is 2.60. The third kappa shape index (κ3) is 3.30. The van der Waals surface area contributed by atoms with E-state index in [0.29, 0.717) is 24.3 Å². The summed E-state index contributed by atoms with van der Waals surface area (Å²) < 4.78 is 0. The van der Waals surface area contributed by atoms with Crippen molar-refractivity contribution in [2.45, 2.75) is 19.4 Å². The van der Waals surface area contributed by atoms with Crippen LogP contribution in [0.15, 0.2) is 18.2 Å². The molecular formula is C14H19N3O4. The van der Waals surface area contributed by atoms with Crippen LogP contribution >= 0.6 is 0 Å². The summed E-state index contributed by atoms with van der Waals surface area (Å²) in [6.45, 7) is 2.92. The maximum absolute atomic E-state index is 11.9. The Hall–Kier alpha value is -2.15. The summed E-state index contributed by atoms with van der Waals surface area (Å²) >= 11 is 0. The van der Waals surface area contributed by atoms with Gasteiger partial charge in [-0.25, -0.2) is 0 Å². The number of nitro groups is 1. The highest BCUT2D eigenvalue weighted by Gasteiger charge is 2.25. The third-order valence-electron chi connectivity index (χ3n) is 3.69. The van der Waals surface area contributed by atoms with Crippen molar-refractivity contribution in [3.8, 4) is 0 Å². The quantitative estimate of drug-likeness (QED) is 0.671. The van der Waals surface area contributed by atoms with E-state index in [1.165, 1.54) is 6.07 Å². The van der Waals surface area contributed by atoms with Crippen LogP contribution in [0.25, 0.3) is 0 Å². The number of aliphatic hydroxyl groups excluding tert-OH is 1. The molecule has 1 aromatic rings. The number of amides is 1. The van der Waals surface area contributed by atoms with Crippen molar-refractivity contribution >= 4 is 17.3 Å². The number of carbonyl (C=O) groups is 1. The number of anilines is 1. The maximum atomic E-state index is 11.9. The molecule has 1 amide bonds. The Morgan fingerprint density at radius 3 is 2.71 bits per heavy atom. The minimum absolute atomic E-state index is 0.0543. The van der Waals surface area contributed by atoms with Gasteiger partial charge in [0.05, 0.1) is 17.6 Å². The molecule has 7 heteroatoms. The van der Waals surface area contributed by atoms with Gasteiger partial charge < -0.3 is 14.9 Å². The van der Waals surface area contributed by atoms with E-state index < -0.39 is 11.0 Å². The molecule has 1 atom stereocenters. The Kier molecular flexibility index (Phi) is 4.42. The van der Waals surface area contributed by atoms with E-state index in [9.17, 15) is 20.0 Å². The number of carbonyl (C=O) groups excluding carboxylic acids is 1. The van der Waals surface area contributed by atoms with Gasteiger partial charge in [-0.3, -0.25) is 14.9 Å². The van der Waals surface area contributed by atoms with Crippen molar-refractivity contribution in [2.75, 3.05) is 31.6 Å². The highest BCUT2D eigenvalue weighted by atomic mass is 16.6. The van der Waals surface area contributed by atoms with Crippen LogP contribution in [0.1, 0.15) is 25.0 Å². The van der Waals surface area contributed by atoms with Gasteiger partial charge in [-0.05, 0) is 25.0 Å². The van der Waals surface area contributed by atoms with E-state index in [1.807, 2.05) is 0 Å². The van der Waals surface area contributed by atoms with E-state index in [1.54, 1.807) is 35.9 Å². The van der Waals surface area contributed by atoms with Crippen LogP contribution in [-0.4, -0.2) is 47.5 Å². The van der Waals surface area contributed by atoms with Crippen LogP contribution in [0.2, 0.25) is 0 Å². The zero-order valence-corrected chi connectivity index (χ0v) is 12.2. The van der Waals surface area contributed by atoms with Crippen LogP contribution in [0.4, 0.5) is 11.4 Å². The molecular weight excluding hydrogens is 274 g/mol. The van der Waals surface area contributed by atoms with Crippen LogP contribution in [0.5, 0.6) is 0 Å². The number of hydrogen-bond donors (Lipinski definition) is 1. The monoisotopic (exact) mass is 293 g/mol. The standard InChI is InChI=1S/C14H19N3O4/c1-10(18)11-4-5-12(13(8-11)17(20)21)16-7-3-6-15(2)14(19)9-16/h4-5,8,10,18H,3,6-7,9H2,1-2H3. The fourth-order valence-electron chi connectivity index (χ4n) is 2.41. The fraction of sp³-hybridized carbons (Fsp3) is 0.500. The lowest BCUT2D eigenvalue weighted by Crippen LogP contribution is -2.34. The molecule has 0 aliphatic carbocycles. The molecule has 1 N–H and O–H groups in total. The Balaban J connectivity index is 2.38. The first kappa shape index (κ1) is 15.2. The van der Waals surface area contributed by atoms with Crippen LogP contribution in [0, 0.1) is 10.1 Å². The molecule has 1 saturated heterocycles. The van der Waals surface area contributed by atoms with Crippen molar-refractivity contribution in [3.05, 3.63) is 33.9 Å². The lowest BCUT2D eigenvalue weighted by atomic mass is 10.1. The zero-order valence-electron chi connectivity index (χ0n) is 12.2. The van der Waals surface area contributed by atoms with Crippen LogP contribution in [0.3, 0.4) is 0 Å². The van der Waals surface area contributed by atoms with Crippen molar-refractivity contribution in [1.29, 1.82) is 0 Å². The van der Waals surface area contributed by atoms with Crippen molar-refractivity contribution in [3.63, 3.8) is 0 Å². The smallest absolute Gasteiger partial charge is 0.292 e. The summed E-state index contributed by atoms with van der Waals surface area (Å²) in [5.41, 5.74) is 0.836. The molecule has 114 valence electrons. The number of rotatable bonds is 3. The van der Waals surface area contributed by atoms with Gasteiger partial charge >= 0.3 is 0 Å². The highest BCUT2D eigenvalue weighted by molar-refractivity contribution is 5.83. The second kappa shape index (κ2) is 6.09. The molecule has 0 saturated carbocycles. The molecule has 1 aliphatic heterocycles. The number of likely N-dealkylation sites (N-methyl/N-ethyl adjacent to an activating group) is 1. The molecule has 0 radical (unpaired) electrons. The molecule has 7 nitrogen and oxygen atoms in total. The molecule has 1 aromatic carbocycles. The number of hydrogen-bond acceptors (Lipinski definition) is 5. The molecule has 1 aliphatic rings. The first-order valence-electron chi connectivity index (χ1n) is 6.85. The van der Waals surface area contributed by atoms with E-state index in [0.717, 1.165) is 6.42 Å². The first-order chi connectivity index (χ1) is 9.90. The van der Waals surface area contributed by atoms with Gasteiger partial charge in [-0.15, -0.1) is 0 Å². The summed E-state index contributed by atoms with van der Waals surface area (Å²) in [6.07, 6.45) is -0.00739. The molecule has 0 aromatic heterocycles. The SMILES string of the molecule is CC(O)c1ccc(N2CCCN(C)C(=O)C2)c([N+](=O)[O-])c1. The first-order valence-corrected chi connectivity index (χ1v) is 6.85. The second-order valence-corrected chi connectivity index (χ2v) is 5.27. The largest absolute Gasteiger partial charge is 0.389 e. The average molecular weight is 293 g/mol. The Morgan fingerprint density at radius 2 is 2.10 bits per heavy atom. The summed E-state index contributed by atoms with van der Waals surface area (Å²) in [7, 11) is 1.73. The van der Waals surface area contributed by atoms with Gasteiger partial charge in [0.25, 0.3) is 5.69 Å². The van der Waals surface area contributed by atoms with Gasteiger partial charge in [-0.2, -0.15) is 0 Å². The lowest BCUT2D eigenvalue weighted by molar-refractivity contribution is -0.384. The highest BCUT2D eigenvalue weighted by Crippen LogP contribution is 2.31. The van der Waals surface area contributed by atoms with E-state index in [2.05, 4.69) is 0 Å². The fourth-order valence-corrected chi connectivity index (χ4v) is 2.41. The van der Waals surface area contributed by atoms with Gasteiger partial charge in [0, 0.05) is 26.2 Å². The van der Waals surface area contributed by atoms with E-state index in [4.69, 9.17) is 0 Å². The van der Waals surface area contributed by atoms with Crippen molar-refractivity contribution in [2.24, 2.45) is 0 Å².